The lowest BCUT2D eigenvalue weighted by Gasteiger charge is -2.39. The highest BCUT2D eigenvalue weighted by atomic mass is 16.6. The molecule has 1 spiro atoms. The highest BCUT2D eigenvalue weighted by molar-refractivity contribution is 5.73. The Bertz CT molecular complexity index is 403. The van der Waals surface area contributed by atoms with Crippen LogP contribution in [-0.2, 0) is 14.3 Å². The normalized spacial score (nSPS) is 30.6. The molecule has 0 bridgehead atoms. The summed E-state index contributed by atoms with van der Waals surface area (Å²) in [7, 11) is 0. The average molecular weight is 285 g/mol. The van der Waals surface area contributed by atoms with Crippen LogP contribution in [0.4, 0.5) is 4.79 Å². The van der Waals surface area contributed by atoms with E-state index in [-0.39, 0.29) is 11.5 Å². The summed E-state index contributed by atoms with van der Waals surface area (Å²) in [5, 5.41) is 9.02. The molecule has 114 valence electrons. The van der Waals surface area contributed by atoms with Crippen LogP contribution in [0.25, 0.3) is 0 Å². The van der Waals surface area contributed by atoms with E-state index >= 15 is 0 Å². The van der Waals surface area contributed by atoms with Gasteiger partial charge in [-0.1, -0.05) is 0 Å². The summed E-state index contributed by atoms with van der Waals surface area (Å²) >= 11 is 0. The van der Waals surface area contributed by atoms with E-state index in [4.69, 9.17) is 14.6 Å². The van der Waals surface area contributed by atoms with E-state index < -0.39 is 17.7 Å². The molecule has 1 N–H and O–H groups in total. The summed E-state index contributed by atoms with van der Waals surface area (Å²) in [6.45, 7) is 7.10. The Hall–Kier alpha value is -1.30. The van der Waals surface area contributed by atoms with E-state index in [0.717, 1.165) is 12.8 Å². The van der Waals surface area contributed by atoms with Gasteiger partial charge in [0, 0.05) is 18.5 Å². The van der Waals surface area contributed by atoms with Crippen molar-refractivity contribution in [3.63, 3.8) is 0 Å². The Labute approximate surface area is 119 Å². The minimum atomic E-state index is -0.920. The topological polar surface area (TPSA) is 76.1 Å². The summed E-state index contributed by atoms with van der Waals surface area (Å²) in [4.78, 5) is 24.8. The Balaban J connectivity index is 1.99. The van der Waals surface area contributed by atoms with Gasteiger partial charge in [0.05, 0.1) is 6.61 Å². The van der Waals surface area contributed by atoms with Gasteiger partial charge in [0.25, 0.3) is 0 Å². The fraction of sp³-hybridized carbons (Fsp3) is 0.857. The molecule has 6 heteroatoms. The Morgan fingerprint density at radius 1 is 1.40 bits per heavy atom. The standard InChI is InChI=1S/C14H23NO5/c1-13(2,3)20-12(18)15-6-4-5-14(8-15)7-10(11(16)17)19-9-14/h10H,4-9H2,1-3H3,(H,16,17). The molecule has 6 nitrogen and oxygen atoms in total. The molecule has 0 aromatic carbocycles. The molecule has 2 aliphatic rings. The molecule has 0 saturated carbocycles. The van der Waals surface area contributed by atoms with Crippen molar-refractivity contribution in [1.82, 2.24) is 4.90 Å². The molecule has 2 rings (SSSR count). The van der Waals surface area contributed by atoms with Crippen LogP contribution in [0.15, 0.2) is 0 Å². The molecule has 2 heterocycles. The number of piperidine rings is 1. The maximum atomic E-state index is 12.1. The lowest BCUT2D eigenvalue weighted by Crippen LogP contribution is -2.48. The van der Waals surface area contributed by atoms with Gasteiger partial charge >= 0.3 is 12.1 Å². The summed E-state index contributed by atoms with van der Waals surface area (Å²) in [5.41, 5.74) is -0.740. The molecule has 2 saturated heterocycles. The van der Waals surface area contributed by atoms with Gasteiger partial charge in [-0.15, -0.1) is 0 Å². The number of carbonyl (C=O) groups is 2. The predicted octanol–water partition coefficient (Wildman–Crippen LogP) is 1.88. The molecule has 0 aromatic heterocycles. The predicted molar refractivity (Wildman–Crippen MR) is 71.5 cm³/mol. The van der Waals surface area contributed by atoms with E-state index in [2.05, 4.69) is 0 Å². The van der Waals surface area contributed by atoms with Crippen molar-refractivity contribution in [2.24, 2.45) is 5.41 Å². The zero-order valence-corrected chi connectivity index (χ0v) is 12.3. The Kier molecular flexibility index (Phi) is 3.95. The van der Waals surface area contributed by atoms with Crippen LogP contribution < -0.4 is 0 Å². The van der Waals surface area contributed by atoms with Crippen LogP contribution in [0.1, 0.15) is 40.0 Å². The van der Waals surface area contributed by atoms with Crippen molar-refractivity contribution in [1.29, 1.82) is 0 Å². The first-order valence-electron chi connectivity index (χ1n) is 7.03. The minimum Gasteiger partial charge on any atom is -0.479 e. The van der Waals surface area contributed by atoms with Crippen LogP contribution in [0.3, 0.4) is 0 Å². The first-order valence-corrected chi connectivity index (χ1v) is 7.03. The summed E-state index contributed by atoms with van der Waals surface area (Å²) in [6.07, 6.45) is 1.16. The largest absolute Gasteiger partial charge is 0.479 e. The lowest BCUT2D eigenvalue weighted by molar-refractivity contribution is -0.147. The van der Waals surface area contributed by atoms with Crippen LogP contribution in [0, 0.1) is 5.41 Å². The van der Waals surface area contributed by atoms with Gasteiger partial charge in [-0.25, -0.2) is 9.59 Å². The highest BCUT2D eigenvalue weighted by Gasteiger charge is 2.46. The fourth-order valence-electron chi connectivity index (χ4n) is 2.92. The van der Waals surface area contributed by atoms with Crippen LogP contribution in [0.5, 0.6) is 0 Å². The minimum absolute atomic E-state index is 0.224. The second-order valence-corrected chi connectivity index (χ2v) is 6.85. The lowest BCUT2D eigenvalue weighted by atomic mass is 9.78. The van der Waals surface area contributed by atoms with Crippen molar-refractivity contribution in [3.8, 4) is 0 Å². The van der Waals surface area contributed by atoms with Gasteiger partial charge in [-0.2, -0.15) is 0 Å². The number of rotatable bonds is 1. The molecule has 2 fully saturated rings. The van der Waals surface area contributed by atoms with Crippen molar-refractivity contribution in [2.45, 2.75) is 51.7 Å². The van der Waals surface area contributed by atoms with Crippen molar-refractivity contribution in [3.05, 3.63) is 0 Å². The number of carboxylic acids is 1. The van der Waals surface area contributed by atoms with Gasteiger partial charge in [0.1, 0.15) is 5.60 Å². The molecule has 1 amide bonds. The van der Waals surface area contributed by atoms with E-state index in [9.17, 15) is 9.59 Å². The van der Waals surface area contributed by atoms with Crippen LogP contribution >= 0.6 is 0 Å². The quantitative estimate of drug-likeness (QED) is 0.796. The van der Waals surface area contributed by atoms with Crippen molar-refractivity contribution < 1.29 is 24.2 Å². The number of ether oxygens (including phenoxy) is 2. The number of amides is 1. The number of hydrogen-bond acceptors (Lipinski definition) is 4. The number of carbonyl (C=O) groups excluding carboxylic acids is 1. The van der Waals surface area contributed by atoms with Gasteiger partial charge in [0.15, 0.2) is 6.10 Å². The smallest absolute Gasteiger partial charge is 0.410 e. The number of carboxylic acid groups (broad SMARTS) is 1. The number of aliphatic carboxylic acids is 1. The van der Waals surface area contributed by atoms with Crippen LogP contribution in [-0.4, -0.2) is 53.5 Å². The maximum absolute atomic E-state index is 12.1. The average Bonchev–Trinajstić information content (AvgIpc) is 2.71. The van der Waals surface area contributed by atoms with E-state index in [1.807, 2.05) is 20.8 Å². The zero-order chi connectivity index (χ0) is 15.0. The number of likely N-dealkylation sites (tertiary alicyclic amines) is 1. The molecule has 2 atom stereocenters. The Morgan fingerprint density at radius 3 is 2.65 bits per heavy atom. The van der Waals surface area contributed by atoms with Crippen molar-refractivity contribution in [2.75, 3.05) is 19.7 Å². The van der Waals surface area contributed by atoms with Gasteiger partial charge < -0.3 is 19.5 Å². The van der Waals surface area contributed by atoms with Crippen molar-refractivity contribution >= 4 is 12.1 Å². The molecule has 20 heavy (non-hydrogen) atoms. The Morgan fingerprint density at radius 2 is 2.10 bits per heavy atom. The second-order valence-electron chi connectivity index (χ2n) is 6.85. The number of hydrogen-bond donors (Lipinski definition) is 1. The molecule has 0 aromatic rings. The van der Waals surface area contributed by atoms with Gasteiger partial charge in [-0.05, 0) is 40.0 Å². The van der Waals surface area contributed by atoms with E-state index in [1.165, 1.54) is 0 Å². The fourth-order valence-corrected chi connectivity index (χ4v) is 2.92. The second kappa shape index (κ2) is 5.24. The monoisotopic (exact) mass is 285 g/mol. The highest BCUT2D eigenvalue weighted by Crippen LogP contribution is 2.40. The molecule has 0 aliphatic carbocycles. The summed E-state index contributed by atoms with van der Waals surface area (Å²) < 4.78 is 10.7. The SMILES string of the molecule is CC(C)(C)OC(=O)N1CCCC2(COC(C(=O)O)C2)C1. The van der Waals surface area contributed by atoms with E-state index in [1.54, 1.807) is 4.90 Å². The summed E-state index contributed by atoms with van der Waals surface area (Å²) in [6, 6.07) is 0. The first kappa shape index (κ1) is 15.1. The first-order chi connectivity index (χ1) is 9.21. The van der Waals surface area contributed by atoms with E-state index in [0.29, 0.717) is 26.1 Å². The third-order valence-electron chi connectivity index (χ3n) is 3.80. The molecule has 0 radical (unpaired) electrons. The van der Waals surface area contributed by atoms with Gasteiger partial charge in [-0.3, -0.25) is 0 Å². The molecule has 2 unspecified atom stereocenters. The molecular weight excluding hydrogens is 262 g/mol. The molecule has 2 aliphatic heterocycles. The zero-order valence-electron chi connectivity index (χ0n) is 12.3. The third kappa shape index (κ3) is 3.42. The maximum Gasteiger partial charge on any atom is 0.410 e. The van der Waals surface area contributed by atoms with Crippen LogP contribution in [0.2, 0.25) is 0 Å². The summed E-state index contributed by atoms with van der Waals surface area (Å²) in [5.74, 6) is -0.920. The third-order valence-corrected chi connectivity index (χ3v) is 3.80. The molecular formula is C14H23NO5. The number of nitrogens with zero attached hydrogens (tertiary/aromatic N) is 1. The van der Waals surface area contributed by atoms with Gasteiger partial charge in [0.2, 0.25) is 0 Å².